The largest absolute Gasteiger partial charge is 0.417 e. The first-order valence-corrected chi connectivity index (χ1v) is 29.6. The van der Waals surface area contributed by atoms with E-state index >= 15 is 0 Å². The number of thioether (sulfide) groups is 2. The fourth-order valence-electron chi connectivity index (χ4n) is 13.6. The first kappa shape index (κ1) is 52.0. The Hall–Kier alpha value is -7.69. The second kappa shape index (κ2) is 21.2. The highest BCUT2D eigenvalue weighted by Gasteiger charge is 2.75. The highest BCUT2D eigenvalue weighted by molar-refractivity contribution is 8.13. The van der Waals surface area contributed by atoms with E-state index in [4.69, 9.17) is 0 Å². The molecule has 402 valence electrons. The molecule has 16 heteroatoms. The number of nitrogens with one attached hydrogen (secondary N) is 4. The van der Waals surface area contributed by atoms with Crippen molar-refractivity contribution in [1.29, 1.82) is 0 Å². The predicted molar refractivity (Wildman–Crippen MR) is 313 cm³/mol. The molecule has 0 saturated carbocycles. The van der Waals surface area contributed by atoms with Crippen LogP contribution in [0.2, 0.25) is 0 Å². The number of benzene rings is 4. The summed E-state index contributed by atoms with van der Waals surface area (Å²) < 4.78 is 5.23. The average Bonchev–Trinajstić information content (AvgIpc) is 1.78. The molecule has 0 radical (unpaired) electrons. The summed E-state index contributed by atoms with van der Waals surface area (Å²) in [5.74, 6) is -0.901. The summed E-state index contributed by atoms with van der Waals surface area (Å²) in [6.45, 7) is 7.04. The van der Waals surface area contributed by atoms with Gasteiger partial charge in [-0.1, -0.05) is 122 Å². The molecule has 0 aliphatic carbocycles. The van der Waals surface area contributed by atoms with E-state index in [9.17, 15) is 28.8 Å². The molecule has 8 heterocycles. The van der Waals surface area contributed by atoms with Gasteiger partial charge in [0.1, 0.15) is 0 Å². The lowest BCUT2D eigenvalue weighted by atomic mass is 9.78. The number of para-hydroxylation sites is 4. The molecule has 4 aromatic carbocycles. The van der Waals surface area contributed by atoms with Crippen molar-refractivity contribution in [2.24, 2.45) is 0 Å². The van der Waals surface area contributed by atoms with Crippen LogP contribution in [0, 0.1) is 0 Å². The van der Waals surface area contributed by atoms with Crippen LogP contribution >= 0.6 is 23.5 Å². The Morgan fingerprint density at radius 2 is 1.13 bits per heavy atom. The molecule has 1 saturated heterocycles. The van der Waals surface area contributed by atoms with Crippen LogP contribution in [0.5, 0.6) is 0 Å². The molecule has 1 aromatic heterocycles. The summed E-state index contributed by atoms with van der Waals surface area (Å²) in [7, 11) is 0. The minimum atomic E-state index is -1.03. The van der Waals surface area contributed by atoms with E-state index in [0.29, 0.717) is 49.3 Å². The average molecular weight is 1090 g/mol. The zero-order valence-corrected chi connectivity index (χ0v) is 46.4. The highest BCUT2D eigenvalue weighted by Crippen LogP contribution is 2.63. The fraction of sp³-hybridized carbons (Fsp3) is 0.317. The highest BCUT2D eigenvalue weighted by atomic mass is 32.2. The third-order valence-corrected chi connectivity index (χ3v) is 17.9. The number of anilines is 4. The molecule has 5 aromatic rings. The van der Waals surface area contributed by atoms with Crippen molar-refractivity contribution in [3.05, 3.63) is 172 Å². The Labute approximate surface area is 467 Å². The Bertz CT molecular complexity index is 3710. The number of amides is 4. The zero-order valence-electron chi connectivity index (χ0n) is 44.8. The van der Waals surface area contributed by atoms with Crippen LogP contribution < -0.4 is 32.0 Å². The maximum Gasteiger partial charge on any atom is 0.417 e. The summed E-state index contributed by atoms with van der Waals surface area (Å²) >= 11 is 2.28. The Kier molecular flexibility index (Phi) is 13.9. The number of carbonyl (C=O) groups is 6. The number of carbonyl (C=O) groups excluding carboxylic acids is 6. The third-order valence-electron chi connectivity index (χ3n) is 16.3. The van der Waals surface area contributed by atoms with Gasteiger partial charge in [0, 0.05) is 114 Å². The molecule has 5 atom stereocenters. The predicted octanol–water partition coefficient (Wildman–Crippen LogP) is 9.21. The van der Waals surface area contributed by atoms with Crippen LogP contribution in [0.15, 0.2) is 139 Å². The van der Waals surface area contributed by atoms with Gasteiger partial charge < -0.3 is 21.3 Å². The third kappa shape index (κ3) is 8.69. The molecule has 79 heavy (non-hydrogen) atoms. The maximum atomic E-state index is 13.9. The number of nitrogens with zero attached hydrogens (tertiary/aromatic N) is 4. The van der Waals surface area contributed by atoms with Crippen molar-refractivity contribution in [3.8, 4) is 0 Å². The van der Waals surface area contributed by atoms with Crippen LogP contribution in [0.4, 0.5) is 22.7 Å². The zero-order chi connectivity index (χ0) is 54.7. The lowest BCUT2D eigenvalue weighted by Crippen LogP contribution is -2.81. The van der Waals surface area contributed by atoms with Gasteiger partial charge in [0.15, 0.2) is 22.0 Å². The number of hydrogen-bond donors (Lipinski definition) is 4. The van der Waals surface area contributed by atoms with Crippen LogP contribution in [-0.2, 0) is 34.7 Å². The van der Waals surface area contributed by atoms with E-state index < -0.39 is 5.91 Å². The molecule has 7 aliphatic heterocycles. The number of hydrogen-bond acceptors (Lipinski definition) is 10. The van der Waals surface area contributed by atoms with E-state index in [2.05, 4.69) is 101 Å². The summed E-state index contributed by atoms with van der Waals surface area (Å²) in [5, 5.41) is 15.1. The number of rotatable bonds is 18. The maximum absolute atomic E-state index is 13.9. The molecular formula is C63H63N8O6S2+. The first-order chi connectivity index (χ1) is 38.4. The van der Waals surface area contributed by atoms with Crippen LogP contribution in [0.1, 0.15) is 114 Å². The summed E-state index contributed by atoms with van der Waals surface area (Å²) in [6.07, 6.45) is 11.6. The molecule has 4 amide bonds. The smallest absolute Gasteiger partial charge is 0.326 e. The summed E-state index contributed by atoms with van der Waals surface area (Å²) in [6, 6.07) is 36.2. The van der Waals surface area contributed by atoms with E-state index in [0.717, 1.165) is 120 Å². The first-order valence-electron chi connectivity index (χ1n) is 27.6. The van der Waals surface area contributed by atoms with Gasteiger partial charge in [-0.15, -0.1) is 0 Å². The monoisotopic (exact) mass is 1090 g/mol. The normalized spacial score (nSPS) is 21.4. The van der Waals surface area contributed by atoms with Crippen molar-refractivity contribution in [2.45, 2.75) is 115 Å². The molecule has 4 N–H and O–H groups in total. The lowest BCUT2D eigenvalue weighted by molar-refractivity contribution is -0.736. The van der Waals surface area contributed by atoms with Gasteiger partial charge in [0.2, 0.25) is 23.6 Å². The van der Waals surface area contributed by atoms with Crippen molar-refractivity contribution in [2.75, 3.05) is 32.8 Å². The van der Waals surface area contributed by atoms with Crippen LogP contribution in [0.25, 0.3) is 16.7 Å². The van der Waals surface area contributed by atoms with Gasteiger partial charge in [0.25, 0.3) is 0 Å². The van der Waals surface area contributed by atoms with E-state index in [-0.39, 0.29) is 70.7 Å². The van der Waals surface area contributed by atoms with Crippen LogP contribution in [0.3, 0.4) is 0 Å². The van der Waals surface area contributed by atoms with Gasteiger partial charge in [-0.2, -0.15) is 4.58 Å². The summed E-state index contributed by atoms with van der Waals surface area (Å²) in [4.78, 5) is 84.1. The molecule has 3 unspecified atom stereocenters. The Balaban J connectivity index is 1.15. The number of allylic oxidation sites excluding steroid dienone is 2. The topological polar surface area (TPSA) is 165 Å². The van der Waals surface area contributed by atoms with Crippen molar-refractivity contribution >= 4 is 103 Å². The quantitative estimate of drug-likeness (QED) is 0.0622. The molecule has 12 rings (SSSR count). The van der Waals surface area contributed by atoms with E-state index in [1.165, 1.54) is 13.8 Å². The van der Waals surface area contributed by atoms with Gasteiger partial charge in [-0.3, -0.25) is 38.6 Å². The SMILES string of the molecule is CCCC(=O)Nc1ccccc1C1=c2ccc3n2C24N5C(=C(c6ccccc6NC(=O)CCSC(C)=O)C6=CCC([C@H](c7ccccc7NC(=O)CCSC(C)=O)[C@@H]7CCC1=[N+]72)N64)C=CC5C=3c1ccccc1NC(=O)CCC. The minimum absolute atomic E-state index is 0.0301. The second-order valence-electron chi connectivity index (χ2n) is 21.1. The van der Waals surface area contributed by atoms with Crippen LogP contribution in [-0.4, -0.2) is 88.1 Å². The van der Waals surface area contributed by atoms with E-state index in [1.807, 2.05) is 80.6 Å². The van der Waals surface area contributed by atoms with Crippen molar-refractivity contribution < 1.29 is 33.3 Å². The molecular weight excluding hydrogens is 1030 g/mol. The van der Waals surface area contributed by atoms with Crippen molar-refractivity contribution in [1.82, 2.24) is 14.4 Å². The van der Waals surface area contributed by atoms with E-state index in [1.54, 1.807) is 0 Å². The van der Waals surface area contributed by atoms with Gasteiger partial charge in [0.05, 0.1) is 45.7 Å². The van der Waals surface area contributed by atoms with Crippen molar-refractivity contribution in [3.63, 3.8) is 0 Å². The Morgan fingerprint density at radius 1 is 0.608 bits per heavy atom. The van der Waals surface area contributed by atoms with Gasteiger partial charge in [-0.05, 0) is 67.3 Å². The number of aromatic nitrogens is 1. The molecule has 0 bridgehead atoms. The fourth-order valence-corrected chi connectivity index (χ4v) is 14.7. The van der Waals surface area contributed by atoms with Gasteiger partial charge >= 0.3 is 5.91 Å². The minimum Gasteiger partial charge on any atom is -0.326 e. The molecule has 7 aliphatic rings. The molecule has 14 nitrogen and oxygen atoms in total. The lowest BCUT2D eigenvalue weighted by Gasteiger charge is -2.61. The second-order valence-corrected chi connectivity index (χ2v) is 23.6. The molecule has 1 spiro atoms. The summed E-state index contributed by atoms with van der Waals surface area (Å²) in [5.41, 5.74) is 12.7. The van der Waals surface area contributed by atoms with Gasteiger partial charge in [-0.25, -0.2) is 4.57 Å². The Morgan fingerprint density at radius 3 is 1.73 bits per heavy atom. The molecule has 1 fully saturated rings. The standard InChI is InChI=1S/C63H62N8O6S2/c1-5-15-55(74)64-43-21-11-7-17-39(43)59-47-25-26-48-60(40-18-8-12-22-44(40)65-56(75)16-6-2)50-28-30-52-62(42-20-10-14-24-46(42)67-58(77)34-36-79-38(4)73)54-32-31-53-61(41-19-9-13-23-45(41)66-57(76)33-35-78-37(3)72)51-29-27-49(59)69(51)63(68(47)48,70(50)52)71(53)54/h7-14,17-27,29,31,49,52,54,62H,5-6,15-16,28,30,32-36H2,1-4H3,(H3,65,66,67,75,76,77)/p+1/t49?,52-,54?,62+,63?/m0/s1.